The van der Waals surface area contributed by atoms with Crippen LogP contribution in [-0.4, -0.2) is 21.9 Å². The predicted octanol–water partition coefficient (Wildman–Crippen LogP) is 2.35. The molecule has 0 unspecified atom stereocenters. The Morgan fingerprint density at radius 1 is 1.43 bits per heavy atom. The average molecular weight is 299 g/mol. The van der Waals surface area contributed by atoms with Crippen molar-refractivity contribution in [2.75, 3.05) is 0 Å². The number of hydrogen-bond acceptors (Lipinski definition) is 2. The van der Waals surface area contributed by atoms with Crippen LogP contribution in [0, 0.1) is 17.8 Å². The van der Waals surface area contributed by atoms with Crippen LogP contribution in [-0.2, 0) is 11.8 Å². The van der Waals surface area contributed by atoms with Crippen molar-refractivity contribution in [3.05, 3.63) is 30.1 Å². The van der Waals surface area contributed by atoms with E-state index in [1.54, 1.807) is 7.05 Å². The van der Waals surface area contributed by atoms with Gasteiger partial charge in [-0.2, -0.15) is 18.3 Å². The highest BCUT2D eigenvalue weighted by Gasteiger charge is 2.46. The van der Waals surface area contributed by atoms with Crippen LogP contribution < -0.4 is 5.32 Å². The highest BCUT2D eigenvalue weighted by Crippen LogP contribution is 2.44. The van der Waals surface area contributed by atoms with Gasteiger partial charge in [0.25, 0.3) is 0 Å². The number of carbonyl (C=O) groups excluding carboxylic acids is 1. The number of hydrogen-bond donors (Lipinski definition) is 1. The van der Waals surface area contributed by atoms with E-state index in [1.807, 2.05) is 6.08 Å². The molecule has 4 nitrogen and oxygen atoms in total. The number of alkyl halides is 3. The molecule has 114 valence electrons. The SMILES string of the molecule is Cn1cc([C@@H](NC(=O)[C@@H]2C[C@H]3C=C[C@H]2C3)C(F)(F)F)cn1. The van der Waals surface area contributed by atoms with Gasteiger partial charge in [0.2, 0.25) is 5.91 Å². The van der Waals surface area contributed by atoms with Crippen LogP contribution in [0.5, 0.6) is 0 Å². The zero-order valence-electron chi connectivity index (χ0n) is 11.5. The Morgan fingerprint density at radius 3 is 2.67 bits per heavy atom. The largest absolute Gasteiger partial charge is 0.412 e. The molecule has 7 heteroatoms. The van der Waals surface area contributed by atoms with Gasteiger partial charge < -0.3 is 5.32 Å². The topological polar surface area (TPSA) is 46.9 Å². The number of aromatic nitrogens is 2. The molecule has 0 spiro atoms. The fourth-order valence-corrected chi connectivity index (χ4v) is 3.27. The molecular formula is C14H16F3N3O. The second-order valence-corrected chi connectivity index (χ2v) is 5.82. The molecule has 1 N–H and O–H groups in total. The van der Waals surface area contributed by atoms with Crippen molar-refractivity contribution >= 4 is 5.91 Å². The van der Waals surface area contributed by atoms with Gasteiger partial charge in [0, 0.05) is 24.7 Å². The first-order valence-electron chi connectivity index (χ1n) is 6.88. The normalized spacial score (nSPS) is 28.9. The molecule has 3 rings (SSSR count). The number of allylic oxidation sites excluding steroid dienone is 2. The Balaban J connectivity index is 1.76. The first-order valence-corrected chi connectivity index (χ1v) is 6.88. The van der Waals surface area contributed by atoms with E-state index in [4.69, 9.17) is 0 Å². The monoisotopic (exact) mass is 299 g/mol. The van der Waals surface area contributed by atoms with E-state index < -0.39 is 18.1 Å². The number of amides is 1. The molecule has 0 aliphatic heterocycles. The summed E-state index contributed by atoms with van der Waals surface area (Å²) in [7, 11) is 1.54. The van der Waals surface area contributed by atoms with Gasteiger partial charge >= 0.3 is 6.18 Å². The minimum Gasteiger partial charge on any atom is -0.340 e. The van der Waals surface area contributed by atoms with Crippen LogP contribution in [0.15, 0.2) is 24.5 Å². The van der Waals surface area contributed by atoms with Crippen molar-refractivity contribution in [3.63, 3.8) is 0 Å². The molecule has 1 aromatic heterocycles. The lowest BCUT2D eigenvalue weighted by atomic mass is 9.92. The third-order valence-corrected chi connectivity index (χ3v) is 4.29. The van der Waals surface area contributed by atoms with Gasteiger partial charge in [-0.05, 0) is 24.7 Å². The number of aryl methyl sites for hydroxylation is 1. The number of halogens is 3. The van der Waals surface area contributed by atoms with Crippen LogP contribution >= 0.6 is 0 Å². The number of nitrogens with zero attached hydrogens (tertiary/aromatic N) is 2. The molecule has 2 aliphatic carbocycles. The van der Waals surface area contributed by atoms with Gasteiger partial charge in [0.05, 0.1) is 6.20 Å². The van der Waals surface area contributed by atoms with Gasteiger partial charge in [-0.15, -0.1) is 0 Å². The summed E-state index contributed by atoms with van der Waals surface area (Å²) in [6.07, 6.45) is 3.40. The Labute approximate surface area is 120 Å². The van der Waals surface area contributed by atoms with Crippen molar-refractivity contribution in [1.29, 1.82) is 0 Å². The van der Waals surface area contributed by atoms with Crippen molar-refractivity contribution in [2.24, 2.45) is 24.8 Å². The minimum atomic E-state index is -4.54. The number of carbonyl (C=O) groups is 1. The van der Waals surface area contributed by atoms with Gasteiger partial charge in [-0.1, -0.05) is 12.2 Å². The molecule has 1 aromatic rings. The molecule has 1 saturated carbocycles. The second-order valence-electron chi connectivity index (χ2n) is 5.82. The maximum atomic E-state index is 13.2. The summed E-state index contributed by atoms with van der Waals surface area (Å²) >= 11 is 0. The molecule has 1 fully saturated rings. The molecule has 1 amide bonds. The molecule has 4 atom stereocenters. The third-order valence-electron chi connectivity index (χ3n) is 4.29. The van der Waals surface area contributed by atoms with Gasteiger partial charge in [0.1, 0.15) is 0 Å². The first kappa shape index (κ1) is 14.2. The second kappa shape index (κ2) is 4.89. The Bertz CT molecular complexity index is 578. The summed E-state index contributed by atoms with van der Waals surface area (Å²) in [5.41, 5.74) is -0.0444. The molecule has 2 bridgehead atoms. The minimum absolute atomic E-state index is 0.0444. The van der Waals surface area contributed by atoms with Crippen molar-refractivity contribution in [1.82, 2.24) is 15.1 Å². The van der Waals surface area contributed by atoms with E-state index in [-0.39, 0.29) is 17.4 Å². The highest BCUT2D eigenvalue weighted by molar-refractivity contribution is 5.80. The Morgan fingerprint density at radius 2 is 2.19 bits per heavy atom. The van der Waals surface area contributed by atoms with Crippen LogP contribution in [0.1, 0.15) is 24.4 Å². The predicted molar refractivity (Wildman–Crippen MR) is 69.0 cm³/mol. The molecule has 0 saturated heterocycles. The maximum absolute atomic E-state index is 13.2. The average Bonchev–Trinajstić information content (AvgIpc) is 3.09. The quantitative estimate of drug-likeness (QED) is 0.871. The number of nitrogens with one attached hydrogen (secondary N) is 1. The van der Waals surface area contributed by atoms with Crippen LogP contribution in [0.2, 0.25) is 0 Å². The van der Waals surface area contributed by atoms with E-state index in [9.17, 15) is 18.0 Å². The fourth-order valence-electron chi connectivity index (χ4n) is 3.27. The van der Waals surface area contributed by atoms with Crippen molar-refractivity contribution in [3.8, 4) is 0 Å². The van der Waals surface area contributed by atoms with E-state index in [0.717, 1.165) is 12.6 Å². The molecule has 21 heavy (non-hydrogen) atoms. The van der Waals surface area contributed by atoms with E-state index in [1.165, 1.54) is 10.9 Å². The lowest BCUT2D eigenvalue weighted by molar-refractivity contribution is -0.165. The molecular weight excluding hydrogens is 283 g/mol. The van der Waals surface area contributed by atoms with E-state index >= 15 is 0 Å². The standard InChI is InChI=1S/C14H16F3N3O/c1-20-7-10(6-18-20)12(14(15,16)17)19-13(21)11-5-8-2-3-9(11)4-8/h2-3,6-9,11-12H,4-5H2,1H3,(H,19,21)/t8-,9-,11+,12+/m0/s1. The third kappa shape index (κ3) is 2.69. The van der Waals surface area contributed by atoms with E-state index in [2.05, 4.69) is 16.5 Å². The summed E-state index contributed by atoms with van der Waals surface area (Å²) in [6.45, 7) is 0. The first-order chi connectivity index (χ1) is 9.84. The van der Waals surface area contributed by atoms with Crippen LogP contribution in [0.3, 0.4) is 0 Å². The van der Waals surface area contributed by atoms with Crippen molar-refractivity contribution in [2.45, 2.75) is 25.1 Å². The summed E-state index contributed by atoms with van der Waals surface area (Å²) in [5.74, 6) is -0.439. The molecule has 2 aliphatic rings. The Kier molecular flexibility index (Phi) is 3.30. The lowest BCUT2D eigenvalue weighted by Gasteiger charge is -2.24. The zero-order valence-corrected chi connectivity index (χ0v) is 11.5. The van der Waals surface area contributed by atoms with Gasteiger partial charge in [0.15, 0.2) is 6.04 Å². The molecule has 0 radical (unpaired) electrons. The summed E-state index contributed by atoms with van der Waals surface area (Å²) < 4.78 is 40.8. The summed E-state index contributed by atoms with van der Waals surface area (Å²) in [5, 5.41) is 5.91. The molecule has 1 heterocycles. The molecule has 0 aromatic carbocycles. The summed E-state index contributed by atoms with van der Waals surface area (Å²) in [4.78, 5) is 12.2. The van der Waals surface area contributed by atoms with Gasteiger partial charge in [-0.25, -0.2) is 0 Å². The maximum Gasteiger partial charge on any atom is 0.412 e. The van der Waals surface area contributed by atoms with Gasteiger partial charge in [-0.3, -0.25) is 9.48 Å². The van der Waals surface area contributed by atoms with Crippen molar-refractivity contribution < 1.29 is 18.0 Å². The lowest BCUT2D eigenvalue weighted by Crippen LogP contribution is -2.41. The Hall–Kier alpha value is -1.79. The highest BCUT2D eigenvalue weighted by atomic mass is 19.4. The number of fused-ring (bicyclic) bond motifs is 2. The fraction of sp³-hybridized carbons (Fsp3) is 0.571. The summed E-state index contributed by atoms with van der Waals surface area (Å²) in [6, 6.07) is -2.00. The van der Waals surface area contributed by atoms with E-state index in [0.29, 0.717) is 12.3 Å². The van der Waals surface area contributed by atoms with Crippen LogP contribution in [0.25, 0.3) is 0 Å². The van der Waals surface area contributed by atoms with Crippen LogP contribution in [0.4, 0.5) is 13.2 Å². The number of rotatable bonds is 3. The smallest absolute Gasteiger partial charge is 0.340 e. The zero-order chi connectivity index (χ0) is 15.2.